The van der Waals surface area contributed by atoms with Gasteiger partial charge in [-0.3, -0.25) is 9.20 Å². The van der Waals surface area contributed by atoms with Crippen LogP contribution in [0.1, 0.15) is 48.7 Å². The maximum atomic E-state index is 13.6. The van der Waals surface area contributed by atoms with Crippen molar-refractivity contribution < 1.29 is 9.18 Å². The molecule has 1 aliphatic rings. The molecule has 0 saturated heterocycles. The van der Waals surface area contributed by atoms with Crippen LogP contribution in [0, 0.1) is 5.82 Å². The van der Waals surface area contributed by atoms with Crippen LogP contribution in [0.3, 0.4) is 0 Å². The molecule has 0 radical (unpaired) electrons. The monoisotopic (exact) mass is 400 g/mol. The summed E-state index contributed by atoms with van der Waals surface area (Å²) in [5.74, 6) is -0.110. The van der Waals surface area contributed by atoms with Crippen molar-refractivity contribution in [2.75, 3.05) is 0 Å². The Morgan fingerprint density at radius 3 is 2.50 bits per heavy atom. The SMILES string of the molecule is CCCC(=O)c1c(-c2ccc(F)cc2)c2c3n(c(-c4ccccc4)cn13)CCCC2. The van der Waals surface area contributed by atoms with Gasteiger partial charge in [-0.1, -0.05) is 49.4 Å². The molecule has 0 N–H and O–H groups in total. The molecule has 0 spiro atoms. The first-order valence-corrected chi connectivity index (χ1v) is 10.8. The first kappa shape index (κ1) is 18.9. The number of nitrogens with zero attached hydrogens (tertiary/aromatic N) is 2. The fourth-order valence-corrected chi connectivity index (χ4v) is 4.77. The minimum Gasteiger partial charge on any atom is -0.325 e. The summed E-state index contributed by atoms with van der Waals surface area (Å²) in [7, 11) is 0. The molecule has 4 heteroatoms. The Balaban J connectivity index is 1.84. The summed E-state index contributed by atoms with van der Waals surface area (Å²) in [6, 6.07) is 16.9. The molecular weight excluding hydrogens is 375 g/mol. The molecule has 1 aliphatic heterocycles. The van der Waals surface area contributed by atoms with Crippen molar-refractivity contribution in [3.05, 3.63) is 77.9 Å². The average molecular weight is 400 g/mol. The molecule has 4 aromatic rings. The van der Waals surface area contributed by atoms with Crippen molar-refractivity contribution in [2.45, 2.75) is 45.6 Å². The van der Waals surface area contributed by atoms with Gasteiger partial charge in [-0.15, -0.1) is 0 Å². The third-order valence-electron chi connectivity index (χ3n) is 6.08. The molecule has 0 aliphatic carbocycles. The number of hydrogen-bond acceptors (Lipinski definition) is 1. The van der Waals surface area contributed by atoms with Crippen LogP contribution in [0.25, 0.3) is 28.0 Å². The molecule has 0 saturated carbocycles. The van der Waals surface area contributed by atoms with Crippen LogP contribution in [0.4, 0.5) is 4.39 Å². The van der Waals surface area contributed by atoms with Gasteiger partial charge in [0.15, 0.2) is 5.78 Å². The van der Waals surface area contributed by atoms with E-state index < -0.39 is 0 Å². The number of hydrogen-bond donors (Lipinski definition) is 0. The predicted molar refractivity (Wildman–Crippen MR) is 118 cm³/mol. The van der Waals surface area contributed by atoms with Crippen molar-refractivity contribution in [1.82, 2.24) is 8.97 Å². The van der Waals surface area contributed by atoms with Gasteiger partial charge in [0.1, 0.15) is 11.5 Å². The van der Waals surface area contributed by atoms with Crippen molar-refractivity contribution in [3.8, 4) is 22.4 Å². The van der Waals surface area contributed by atoms with Crippen molar-refractivity contribution >= 4 is 11.4 Å². The molecule has 3 heterocycles. The van der Waals surface area contributed by atoms with Crippen molar-refractivity contribution in [1.29, 1.82) is 0 Å². The number of carbonyl (C=O) groups is 1. The number of ketones is 1. The number of Topliss-reactive ketones (excluding diaryl/α,β-unsaturated/α-hetero) is 1. The van der Waals surface area contributed by atoms with Gasteiger partial charge >= 0.3 is 0 Å². The van der Waals surface area contributed by atoms with E-state index in [9.17, 15) is 9.18 Å². The predicted octanol–water partition coefficient (Wildman–Crippen LogP) is 6.53. The molecule has 0 amide bonds. The molecule has 0 fully saturated rings. The lowest BCUT2D eigenvalue weighted by Crippen LogP contribution is -2.04. The Morgan fingerprint density at radius 1 is 1.00 bits per heavy atom. The number of aromatic nitrogens is 2. The molecule has 30 heavy (non-hydrogen) atoms. The number of imidazole rings is 1. The highest BCUT2D eigenvalue weighted by Gasteiger charge is 2.29. The average Bonchev–Trinajstić information content (AvgIpc) is 3.18. The van der Waals surface area contributed by atoms with Crippen LogP contribution in [0.2, 0.25) is 0 Å². The number of rotatable bonds is 5. The van der Waals surface area contributed by atoms with E-state index in [-0.39, 0.29) is 11.6 Å². The van der Waals surface area contributed by atoms with E-state index in [1.54, 1.807) is 12.1 Å². The normalized spacial score (nSPS) is 13.5. The Hall–Kier alpha value is -3.14. The van der Waals surface area contributed by atoms with Crippen LogP contribution in [0.5, 0.6) is 0 Å². The largest absolute Gasteiger partial charge is 0.325 e. The van der Waals surface area contributed by atoms with Crippen LogP contribution in [0.15, 0.2) is 60.8 Å². The number of carbonyl (C=O) groups excluding carboxylic acids is 1. The Labute approximate surface area is 175 Å². The van der Waals surface area contributed by atoms with Gasteiger partial charge in [0, 0.05) is 30.3 Å². The number of benzene rings is 2. The minimum atomic E-state index is -0.259. The molecule has 2 aromatic carbocycles. The van der Waals surface area contributed by atoms with Gasteiger partial charge in [0.05, 0.1) is 11.4 Å². The summed E-state index contributed by atoms with van der Waals surface area (Å²) >= 11 is 0. The molecule has 3 nitrogen and oxygen atoms in total. The standard InChI is InChI=1S/C26H25FN2O/c1-2-8-23(30)25-24(19-12-14-20(27)15-13-19)21-11-6-7-16-28-22(17-29(25)26(21)28)18-9-4-3-5-10-18/h3-5,9-10,12-15,17H,2,6-8,11,16H2,1H3. The number of halogens is 1. The first-order valence-electron chi connectivity index (χ1n) is 10.8. The molecular formula is C26H25FN2O. The van der Waals surface area contributed by atoms with E-state index in [0.717, 1.165) is 66.0 Å². The Kier molecular flexibility index (Phi) is 4.78. The van der Waals surface area contributed by atoms with E-state index in [0.29, 0.717) is 6.42 Å². The summed E-state index contributed by atoms with van der Waals surface area (Å²) in [4.78, 5) is 13.3. The highest BCUT2D eigenvalue weighted by Crippen LogP contribution is 2.40. The van der Waals surface area contributed by atoms with Crippen LogP contribution < -0.4 is 0 Å². The summed E-state index contributed by atoms with van der Waals surface area (Å²) in [5, 5.41) is 0. The van der Waals surface area contributed by atoms with E-state index in [4.69, 9.17) is 0 Å². The van der Waals surface area contributed by atoms with Gasteiger partial charge < -0.3 is 4.57 Å². The van der Waals surface area contributed by atoms with Gasteiger partial charge in [-0.25, -0.2) is 4.39 Å². The quantitative estimate of drug-likeness (QED) is 0.350. The molecule has 0 unspecified atom stereocenters. The fraction of sp³-hybridized carbons (Fsp3) is 0.269. The summed E-state index contributed by atoms with van der Waals surface area (Å²) in [6.07, 6.45) is 6.52. The highest BCUT2D eigenvalue weighted by atomic mass is 19.1. The lowest BCUT2D eigenvalue weighted by molar-refractivity contribution is 0.0977. The third kappa shape index (κ3) is 2.98. The van der Waals surface area contributed by atoms with E-state index in [1.807, 2.05) is 13.0 Å². The summed E-state index contributed by atoms with van der Waals surface area (Å²) in [6.45, 7) is 2.97. The Bertz CT molecular complexity index is 1220. The summed E-state index contributed by atoms with van der Waals surface area (Å²) in [5.41, 5.74) is 7.27. The van der Waals surface area contributed by atoms with Crippen molar-refractivity contribution in [3.63, 3.8) is 0 Å². The van der Waals surface area contributed by atoms with Crippen molar-refractivity contribution in [2.24, 2.45) is 0 Å². The van der Waals surface area contributed by atoms with Crippen LogP contribution >= 0.6 is 0 Å². The molecule has 0 atom stereocenters. The highest BCUT2D eigenvalue weighted by molar-refractivity contribution is 6.04. The second-order valence-corrected chi connectivity index (χ2v) is 8.06. The Morgan fingerprint density at radius 2 is 1.77 bits per heavy atom. The maximum absolute atomic E-state index is 13.6. The van der Waals surface area contributed by atoms with Crippen LogP contribution in [-0.4, -0.2) is 14.8 Å². The molecule has 152 valence electrons. The lowest BCUT2D eigenvalue weighted by Gasteiger charge is -2.09. The molecule has 0 bridgehead atoms. The lowest BCUT2D eigenvalue weighted by atomic mass is 9.96. The minimum absolute atomic E-state index is 0.149. The summed E-state index contributed by atoms with van der Waals surface area (Å²) < 4.78 is 18.1. The van der Waals surface area contributed by atoms with Crippen LogP contribution in [-0.2, 0) is 13.0 Å². The van der Waals surface area contributed by atoms with E-state index in [1.165, 1.54) is 17.7 Å². The van der Waals surface area contributed by atoms with E-state index >= 15 is 0 Å². The van der Waals surface area contributed by atoms with Gasteiger partial charge in [-0.2, -0.15) is 0 Å². The zero-order valence-corrected chi connectivity index (χ0v) is 17.2. The second kappa shape index (κ2) is 7.60. The third-order valence-corrected chi connectivity index (χ3v) is 6.08. The molecule has 5 rings (SSSR count). The zero-order chi connectivity index (χ0) is 20.7. The number of aryl methyl sites for hydroxylation is 2. The van der Waals surface area contributed by atoms with Gasteiger partial charge in [0.2, 0.25) is 0 Å². The topological polar surface area (TPSA) is 26.4 Å². The zero-order valence-electron chi connectivity index (χ0n) is 17.2. The first-order chi connectivity index (χ1) is 14.7. The fourth-order valence-electron chi connectivity index (χ4n) is 4.77. The van der Waals surface area contributed by atoms with Gasteiger partial charge in [-0.05, 0) is 48.9 Å². The van der Waals surface area contributed by atoms with E-state index in [2.05, 4.69) is 39.4 Å². The molecule has 2 aromatic heterocycles. The van der Waals surface area contributed by atoms with Gasteiger partial charge in [0.25, 0.3) is 0 Å². The smallest absolute Gasteiger partial charge is 0.180 e. The second-order valence-electron chi connectivity index (χ2n) is 8.06. The maximum Gasteiger partial charge on any atom is 0.180 e.